The normalized spacial score (nSPS) is 19.1. The first-order valence-electron chi connectivity index (χ1n) is 6.17. The quantitative estimate of drug-likeness (QED) is 0.831. The van der Waals surface area contributed by atoms with Crippen molar-refractivity contribution in [3.63, 3.8) is 0 Å². The van der Waals surface area contributed by atoms with Crippen molar-refractivity contribution in [2.45, 2.75) is 26.3 Å². The number of pyridine rings is 1. The Balaban J connectivity index is 1.77. The second-order valence-corrected chi connectivity index (χ2v) is 5.11. The van der Waals surface area contributed by atoms with Crippen molar-refractivity contribution in [3.8, 4) is 0 Å². The van der Waals surface area contributed by atoms with Crippen molar-refractivity contribution in [3.05, 3.63) is 24.0 Å². The number of rotatable bonds is 4. The predicted molar refractivity (Wildman–Crippen MR) is 68.5 cm³/mol. The summed E-state index contributed by atoms with van der Waals surface area (Å²) in [5.74, 6) is 0. The molecule has 0 aromatic carbocycles. The van der Waals surface area contributed by atoms with E-state index in [-0.39, 0.29) is 0 Å². The zero-order chi connectivity index (χ0) is 12.1. The fourth-order valence-corrected chi connectivity index (χ4v) is 2.07. The summed E-state index contributed by atoms with van der Waals surface area (Å²) in [6.45, 7) is 5.91. The minimum atomic E-state index is 0.367. The highest BCUT2D eigenvalue weighted by atomic mass is 16.5. The van der Waals surface area contributed by atoms with Gasteiger partial charge in [0.15, 0.2) is 0 Å². The van der Waals surface area contributed by atoms with Gasteiger partial charge in [0.1, 0.15) is 0 Å². The van der Waals surface area contributed by atoms with E-state index in [0.29, 0.717) is 11.1 Å². The Kier molecular flexibility index (Phi) is 3.97. The fraction of sp³-hybridized carbons (Fsp3) is 0.615. The van der Waals surface area contributed by atoms with Gasteiger partial charge in [-0.25, -0.2) is 0 Å². The van der Waals surface area contributed by atoms with Crippen molar-refractivity contribution < 1.29 is 4.74 Å². The molecule has 17 heavy (non-hydrogen) atoms. The van der Waals surface area contributed by atoms with Crippen molar-refractivity contribution in [1.82, 2.24) is 10.3 Å². The van der Waals surface area contributed by atoms with Crippen molar-refractivity contribution in [1.29, 1.82) is 0 Å². The Morgan fingerprint density at radius 3 is 2.82 bits per heavy atom. The first-order valence-corrected chi connectivity index (χ1v) is 6.17. The molecule has 0 bridgehead atoms. The highest BCUT2D eigenvalue weighted by Crippen LogP contribution is 2.28. The van der Waals surface area contributed by atoms with E-state index in [0.717, 1.165) is 44.8 Å². The van der Waals surface area contributed by atoms with Crippen LogP contribution in [0, 0.1) is 5.41 Å². The lowest BCUT2D eigenvalue weighted by molar-refractivity contribution is 0.0240. The van der Waals surface area contributed by atoms with Gasteiger partial charge in [-0.05, 0) is 30.4 Å². The number of ether oxygens (including phenoxy) is 1. The van der Waals surface area contributed by atoms with E-state index < -0.39 is 0 Å². The monoisotopic (exact) mass is 235 g/mol. The van der Waals surface area contributed by atoms with E-state index in [1.807, 2.05) is 12.1 Å². The SMILES string of the molecule is CC1(CNCc2ccc(N)cn2)CCOCC1. The van der Waals surface area contributed by atoms with Crippen LogP contribution < -0.4 is 11.1 Å². The smallest absolute Gasteiger partial charge is 0.0543 e. The Labute approximate surface area is 103 Å². The van der Waals surface area contributed by atoms with Crippen molar-refractivity contribution in [2.24, 2.45) is 5.41 Å². The van der Waals surface area contributed by atoms with Gasteiger partial charge in [-0.3, -0.25) is 4.98 Å². The van der Waals surface area contributed by atoms with Gasteiger partial charge in [-0.2, -0.15) is 0 Å². The maximum atomic E-state index is 5.60. The number of hydrogen-bond donors (Lipinski definition) is 2. The third-order valence-electron chi connectivity index (χ3n) is 3.41. The zero-order valence-corrected chi connectivity index (χ0v) is 10.4. The summed E-state index contributed by atoms with van der Waals surface area (Å²) >= 11 is 0. The van der Waals surface area contributed by atoms with Crippen LogP contribution in [0.2, 0.25) is 0 Å². The molecule has 0 atom stereocenters. The minimum Gasteiger partial charge on any atom is -0.397 e. The van der Waals surface area contributed by atoms with Crippen LogP contribution in [0.5, 0.6) is 0 Å². The molecule has 1 saturated heterocycles. The highest BCUT2D eigenvalue weighted by molar-refractivity contribution is 5.34. The Morgan fingerprint density at radius 2 is 2.18 bits per heavy atom. The molecule has 2 rings (SSSR count). The van der Waals surface area contributed by atoms with Crippen LogP contribution in [0.4, 0.5) is 5.69 Å². The maximum absolute atomic E-state index is 5.60. The third kappa shape index (κ3) is 3.68. The molecule has 0 radical (unpaired) electrons. The molecule has 0 aliphatic carbocycles. The van der Waals surface area contributed by atoms with Gasteiger partial charge in [0.2, 0.25) is 0 Å². The molecule has 4 nitrogen and oxygen atoms in total. The average molecular weight is 235 g/mol. The van der Waals surface area contributed by atoms with Gasteiger partial charge in [0.05, 0.1) is 17.6 Å². The zero-order valence-electron chi connectivity index (χ0n) is 10.4. The molecule has 4 heteroatoms. The molecular formula is C13H21N3O. The summed E-state index contributed by atoms with van der Waals surface area (Å²) in [6, 6.07) is 3.86. The van der Waals surface area contributed by atoms with E-state index in [4.69, 9.17) is 10.5 Å². The molecular weight excluding hydrogens is 214 g/mol. The van der Waals surface area contributed by atoms with Crippen LogP contribution in [-0.2, 0) is 11.3 Å². The highest BCUT2D eigenvalue weighted by Gasteiger charge is 2.26. The summed E-state index contributed by atoms with van der Waals surface area (Å²) < 4.78 is 5.39. The molecule has 0 spiro atoms. The second kappa shape index (κ2) is 5.47. The lowest BCUT2D eigenvalue weighted by atomic mass is 9.82. The molecule has 0 unspecified atom stereocenters. The molecule has 3 N–H and O–H groups in total. The molecule has 1 aliphatic heterocycles. The molecule has 1 aliphatic rings. The average Bonchev–Trinajstić information content (AvgIpc) is 2.32. The number of aromatic nitrogens is 1. The topological polar surface area (TPSA) is 60.2 Å². The summed E-state index contributed by atoms with van der Waals surface area (Å²) in [6.07, 6.45) is 3.97. The number of nitrogen functional groups attached to an aromatic ring is 1. The molecule has 1 fully saturated rings. The van der Waals surface area contributed by atoms with Gasteiger partial charge < -0.3 is 15.8 Å². The lowest BCUT2D eigenvalue weighted by Crippen LogP contribution is -2.36. The van der Waals surface area contributed by atoms with Crippen molar-refractivity contribution in [2.75, 3.05) is 25.5 Å². The van der Waals surface area contributed by atoms with E-state index in [1.54, 1.807) is 6.20 Å². The Hall–Kier alpha value is -1.13. The summed E-state index contributed by atoms with van der Waals surface area (Å²) in [5.41, 5.74) is 7.71. The molecule has 1 aromatic heterocycles. The molecule has 94 valence electrons. The molecule has 0 amide bonds. The first-order chi connectivity index (χ1) is 8.18. The number of hydrogen-bond acceptors (Lipinski definition) is 4. The van der Waals surface area contributed by atoms with Crippen LogP contribution in [0.1, 0.15) is 25.5 Å². The summed E-state index contributed by atoms with van der Waals surface area (Å²) in [7, 11) is 0. The van der Waals surface area contributed by atoms with E-state index >= 15 is 0 Å². The van der Waals surface area contributed by atoms with Gasteiger partial charge in [-0.1, -0.05) is 6.92 Å². The first kappa shape index (κ1) is 12.3. The van der Waals surface area contributed by atoms with E-state index in [2.05, 4.69) is 17.2 Å². The van der Waals surface area contributed by atoms with Gasteiger partial charge in [0.25, 0.3) is 0 Å². The molecule has 1 aromatic rings. The van der Waals surface area contributed by atoms with Gasteiger partial charge in [-0.15, -0.1) is 0 Å². The number of nitrogens with zero attached hydrogens (tertiary/aromatic N) is 1. The van der Waals surface area contributed by atoms with E-state index in [9.17, 15) is 0 Å². The van der Waals surface area contributed by atoms with E-state index in [1.165, 1.54) is 0 Å². The Morgan fingerprint density at radius 1 is 1.41 bits per heavy atom. The standard InChI is InChI=1S/C13H21N3O/c1-13(4-6-17-7-5-13)10-15-9-12-3-2-11(14)8-16-12/h2-3,8,15H,4-7,9-10,14H2,1H3. The Bertz CT molecular complexity index is 344. The van der Waals surface area contributed by atoms with Crippen molar-refractivity contribution >= 4 is 5.69 Å². The second-order valence-electron chi connectivity index (χ2n) is 5.11. The molecule has 0 saturated carbocycles. The maximum Gasteiger partial charge on any atom is 0.0543 e. The predicted octanol–water partition coefficient (Wildman–Crippen LogP) is 1.57. The minimum absolute atomic E-state index is 0.367. The van der Waals surface area contributed by atoms with Crippen LogP contribution in [0.15, 0.2) is 18.3 Å². The largest absolute Gasteiger partial charge is 0.397 e. The molecule has 2 heterocycles. The third-order valence-corrected chi connectivity index (χ3v) is 3.41. The summed E-state index contributed by atoms with van der Waals surface area (Å²) in [5, 5.41) is 3.47. The van der Waals surface area contributed by atoms with Crippen LogP contribution in [-0.4, -0.2) is 24.7 Å². The van der Waals surface area contributed by atoms with Crippen LogP contribution in [0.25, 0.3) is 0 Å². The van der Waals surface area contributed by atoms with Crippen LogP contribution >= 0.6 is 0 Å². The fourth-order valence-electron chi connectivity index (χ4n) is 2.07. The van der Waals surface area contributed by atoms with Gasteiger partial charge >= 0.3 is 0 Å². The number of anilines is 1. The number of nitrogens with two attached hydrogens (primary N) is 1. The lowest BCUT2D eigenvalue weighted by Gasteiger charge is -2.33. The summed E-state index contributed by atoms with van der Waals surface area (Å²) in [4.78, 5) is 4.27. The van der Waals surface area contributed by atoms with Gasteiger partial charge in [0, 0.05) is 26.3 Å². The number of nitrogens with one attached hydrogen (secondary N) is 1. The van der Waals surface area contributed by atoms with Crippen LogP contribution in [0.3, 0.4) is 0 Å².